The van der Waals surface area contributed by atoms with Crippen molar-refractivity contribution < 1.29 is 32.4 Å². The first kappa shape index (κ1) is 19.6. The number of carbonyl (C=O) groups excluding carboxylic acids is 3. The van der Waals surface area contributed by atoms with Gasteiger partial charge in [0.25, 0.3) is 5.91 Å². The lowest BCUT2D eigenvalue weighted by molar-refractivity contribution is -0.179. The summed E-state index contributed by atoms with van der Waals surface area (Å²) in [6, 6.07) is 4.78. The average molecular weight is 403 g/mol. The van der Waals surface area contributed by atoms with Gasteiger partial charge in [-0.15, -0.1) is 0 Å². The lowest BCUT2D eigenvalue weighted by Crippen LogP contribution is -2.36. The third-order valence-corrected chi connectivity index (χ3v) is 5.19. The van der Waals surface area contributed by atoms with E-state index in [2.05, 4.69) is 0 Å². The smallest absolute Gasteiger partial charge is 0.370 e. The quantitative estimate of drug-likeness (QED) is 0.591. The van der Waals surface area contributed by atoms with Crippen molar-refractivity contribution in [3.63, 3.8) is 0 Å². The van der Waals surface area contributed by atoms with Gasteiger partial charge in [-0.3, -0.25) is 24.1 Å². The largest absolute Gasteiger partial charge is 0.446 e. The molecule has 1 aromatic rings. The highest BCUT2D eigenvalue weighted by Gasteiger charge is 2.58. The Hall–Kier alpha value is -2.11. The Morgan fingerprint density at radius 2 is 1.85 bits per heavy atom. The highest BCUT2D eigenvalue weighted by atomic mass is 32.2. The minimum atomic E-state index is -4.41. The van der Waals surface area contributed by atoms with Gasteiger partial charge in [0.2, 0.25) is 11.8 Å². The van der Waals surface area contributed by atoms with Crippen LogP contribution in [0.15, 0.2) is 29.2 Å². The summed E-state index contributed by atoms with van der Waals surface area (Å²) >= 11 is -0.248. The summed E-state index contributed by atoms with van der Waals surface area (Å²) in [7, 11) is 1.35. The topological polar surface area (TPSA) is 92.9 Å². The van der Waals surface area contributed by atoms with Crippen molar-refractivity contribution in [1.29, 1.82) is 0 Å². The van der Waals surface area contributed by atoms with Crippen LogP contribution < -0.4 is 5.73 Å². The number of hydroxylamine groups is 2. The number of primary amides is 1. The first-order valence-electron chi connectivity index (χ1n) is 7.97. The zero-order valence-electron chi connectivity index (χ0n) is 14.1. The number of nitrogens with two attached hydrogens (primary N) is 1. The van der Waals surface area contributed by atoms with Gasteiger partial charge in [0.15, 0.2) is 6.10 Å². The van der Waals surface area contributed by atoms with Crippen molar-refractivity contribution in [3.8, 4) is 0 Å². The minimum absolute atomic E-state index is 0.00339. The van der Waals surface area contributed by atoms with Gasteiger partial charge in [0.05, 0.1) is 12.0 Å². The van der Waals surface area contributed by atoms with Gasteiger partial charge in [-0.05, 0) is 29.5 Å². The van der Waals surface area contributed by atoms with Gasteiger partial charge >= 0.3 is 5.51 Å². The third-order valence-electron chi connectivity index (χ3n) is 4.45. The number of fused-ring (bicyclic) bond motifs is 1. The van der Waals surface area contributed by atoms with Crippen molar-refractivity contribution in [1.82, 2.24) is 9.96 Å². The fourth-order valence-corrected chi connectivity index (χ4v) is 3.80. The molecule has 146 valence electrons. The number of likely N-dealkylation sites (N-methyl/N-ethyl adjacent to an activating group) is 1. The number of halogens is 3. The maximum absolute atomic E-state index is 12.5. The van der Waals surface area contributed by atoms with Crippen molar-refractivity contribution in [2.24, 2.45) is 11.7 Å². The number of likely N-dealkylation sites (tertiary alicyclic amines) is 1. The summed E-state index contributed by atoms with van der Waals surface area (Å²) in [5.74, 6) is -2.36. The predicted molar refractivity (Wildman–Crippen MR) is 87.8 cm³/mol. The maximum Gasteiger partial charge on any atom is 0.446 e. The second-order valence-electron chi connectivity index (χ2n) is 6.21. The van der Waals surface area contributed by atoms with Crippen LogP contribution in [0.2, 0.25) is 0 Å². The predicted octanol–water partition coefficient (Wildman–Crippen LogP) is 1.45. The van der Waals surface area contributed by atoms with Gasteiger partial charge in [0.1, 0.15) is 0 Å². The molecule has 7 nitrogen and oxygen atoms in total. The molecule has 2 N–H and O–H groups in total. The molecule has 2 saturated heterocycles. The van der Waals surface area contributed by atoms with Gasteiger partial charge in [-0.1, -0.05) is 12.1 Å². The molecule has 27 heavy (non-hydrogen) atoms. The van der Waals surface area contributed by atoms with E-state index in [1.54, 1.807) is 0 Å². The molecule has 2 aliphatic rings. The van der Waals surface area contributed by atoms with E-state index in [1.165, 1.54) is 36.4 Å². The molecule has 3 unspecified atom stereocenters. The number of hydrogen-bond donors (Lipinski definition) is 1. The van der Waals surface area contributed by atoms with E-state index in [0.717, 1.165) is 4.90 Å². The second-order valence-corrected chi connectivity index (χ2v) is 7.34. The van der Waals surface area contributed by atoms with Gasteiger partial charge in [0, 0.05) is 24.9 Å². The Labute approximate surface area is 156 Å². The van der Waals surface area contributed by atoms with E-state index < -0.39 is 41.3 Å². The summed E-state index contributed by atoms with van der Waals surface area (Å²) in [6.07, 6.45) is -1.08. The zero-order valence-corrected chi connectivity index (χ0v) is 14.9. The summed E-state index contributed by atoms with van der Waals surface area (Å²) in [4.78, 5) is 42.3. The number of rotatable bonds is 5. The second kappa shape index (κ2) is 7.13. The molecule has 0 aliphatic carbocycles. The molecular weight excluding hydrogens is 387 g/mol. The van der Waals surface area contributed by atoms with Crippen LogP contribution in [-0.2, 0) is 19.2 Å². The number of alkyl halides is 3. The van der Waals surface area contributed by atoms with E-state index >= 15 is 0 Å². The van der Waals surface area contributed by atoms with Crippen LogP contribution in [0.4, 0.5) is 13.2 Å². The van der Waals surface area contributed by atoms with Crippen molar-refractivity contribution >= 4 is 29.5 Å². The Morgan fingerprint density at radius 3 is 2.41 bits per heavy atom. The van der Waals surface area contributed by atoms with Crippen LogP contribution in [-0.4, -0.2) is 52.9 Å². The first-order valence-corrected chi connectivity index (χ1v) is 8.79. The number of benzene rings is 1. The molecule has 1 aromatic carbocycles. The normalized spacial score (nSPS) is 25.9. The number of hydrogen-bond acceptors (Lipinski definition) is 6. The first-order chi connectivity index (χ1) is 12.6. The van der Waals surface area contributed by atoms with E-state index in [4.69, 9.17) is 10.6 Å². The molecule has 0 radical (unpaired) electrons. The standard InChI is InChI=1S/C16H16F3N3O4S/c1-21-14(24)11-12(8-2-4-9(5-3-8)27-16(17,18)19)22(7-6-10(20)23)26-13(11)15(21)25/h2-5,11-13H,6-7H2,1H3,(H2,20,23). The number of carbonyl (C=O) groups is 3. The number of nitrogens with zero attached hydrogens (tertiary/aromatic N) is 2. The Balaban J connectivity index is 1.89. The van der Waals surface area contributed by atoms with Crippen LogP contribution in [0.1, 0.15) is 18.0 Å². The summed E-state index contributed by atoms with van der Waals surface area (Å²) in [5, 5.41) is 1.34. The van der Waals surface area contributed by atoms with Crippen LogP contribution in [0, 0.1) is 5.92 Å². The van der Waals surface area contributed by atoms with Gasteiger partial charge in [-0.25, -0.2) is 0 Å². The van der Waals surface area contributed by atoms with E-state index in [-0.39, 0.29) is 29.6 Å². The summed E-state index contributed by atoms with van der Waals surface area (Å²) in [5.41, 5.74) is 1.25. The van der Waals surface area contributed by atoms with E-state index in [9.17, 15) is 27.6 Å². The zero-order chi connectivity index (χ0) is 19.9. The highest BCUT2D eigenvalue weighted by Crippen LogP contribution is 2.45. The summed E-state index contributed by atoms with van der Waals surface area (Å²) in [6.45, 7) is 0.0519. The monoisotopic (exact) mass is 403 g/mol. The van der Waals surface area contributed by atoms with Crippen molar-refractivity contribution in [2.45, 2.75) is 29.0 Å². The van der Waals surface area contributed by atoms with E-state index in [1.807, 2.05) is 0 Å². The lowest BCUT2D eigenvalue weighted by atomic mass is 9.91. The van der Waals surface area contributed by atoms with Crippen LogP contribution in [0.25, 0.3) is 0 Å². The van der Waals surface area contributed by atoms with Gasteiger partial charge in [-0.2, -0.15) is 18.2 Å². The molecule has 2 fully saturated rings. The van der Waals surface area contributed by atoms with Gasteiger partial charge < -0.3 is 5.73 Å². The molecule has 3 atom stereocenters. The molecule has 0 saturated carbocycles. The number of thioether (sulfide) groups is 1. The van der Waals surface area contributed by atoms with Crippen LogP contribution in [0.5, 0.6) is 0 Å². The molecular formula is C16H16F3N3O4S. The minimum Gasteiger partial charge on any atom is -0.370 e. The Bertz CT molecular complexity index is 771. The van der Waals surface area contributed by atoms with E-state index in [0.29, 0.717) is 5.56 Å². The van der Waals surface area contributed by atoms with Crippen LogP contribution in [0.3, 0.4) is 0 Å². The Kier molecular flexibility index (Phi) is 5.19. The SMILES string of the molecule is CN1C(=O)C2ON(CCC(N)=O)C(c3ccc(SC(F)(F)F)cc3)C2C1=O. The molecule has 2 aliphatic heterocycles. The number of imide groups is 1. The Morgan fingerprint density at radius 1 is 1.22 bits per heavy atom. The summed E-state index contributed by atoms with van der Waals surface area (Å²) < 4.78 is 37.5. The molecule has 3 rings (SSSR count). The maximum atomic E-state index is 12.5. The average Bonchev–Trinajstić information content (AvgIpc) is 3.04. The molecule has 3 amide bonds. The molecule has 0 aromatic heterocycles. The van der Waals surface area contributed by atoms with Crippen molar-refractivity contribution in [3.05, 3.63) is 29.8 Å². The fraction of sp³-hybridized carbons (Fsp3) is 0.438. The molecule has 2 heterocycles. The molecule has 0 spiro atoms. The highest BCUT2D eigenvalue weighted by molar-refractivity contribution is 8.00. The molecule has 11 heteroatoms. The molecule has 0 bridgehead atoms. The van der Waals surface area contributed by atoms with Crippen LogP contribution >= 0.6 is 11.8 Å². The number of amides is 3. The lowest BCUT2D eigenvalue weighted by Gasteiger charge is -2.26. The fourth-order valence-electron chi connectivity index (χ4n) is 3.26. The van der Waals surface area contributed by atoms with Crippen molar-refractivity contribution in [2.75, 3.05) is 13.6 Å². The third kappa shape index (κ3) is 3.94.